The van der Waals surface area contributed by atoms with Crippen molar-refractivity contribution in [2.75, 3.05) is 12.4 Å². The van der Waals surface area contributed by atoms with Gasteiger partial charge in [-0.05, 0) is 77.8 Å². The molecule has 184 valence electrons. The smallest absolute Gasteiger partial charge is 0.339 e. The summed E-state index contributed by atoms with van der Waals surface area (Å²) in [6, 6.07) is 17.4. The molecule has 1 N–H and O–H groups in total. The summed E-state index contributed by atoms with van der Waals surface area (Å²) in [6.07, 6.45) is 1.30. The van der Waals surface area contributed by atoms with Gasteiger partial charge in [0.15, 0.2) is 17.3 Å². The van der Waals surface area contributed by atoms with Crippen molar-refractivity contribution < 1.29 is 26.9 Å². The highest BCUT2D eigenvalue weighted by Gasteiger charge is 2.22. The molecule has 0 fully saturated rings. The number of amides is 1. The zero-order valence-corrected chi connectivity index (χ0v) is 21.9. The van der Waals surface area contributed by atoms with Gasteiger partial charge in [0.1, 0.15) is 16.5 Å². The largest absolute Gasteiger partial charge is 0.493 e. The molecular formula is C26H21BrN2O6S. The molecular weight excluding hydrogens is 548 g/mol. The Kier molecular flexibility index (Phi) is 8.29. The first-order valence-electron chi connectivity index (χ1n) is 10.5. The second-order valence-electron chi connectivity index (χ2n) is 7.61. The number of nitrogens with zero attached hydrogens (tertiary/aromatic N) is 1. The van der Waals surface area contributed by atoms with Crippen molar-refractivity contribution >= 4 is 49.5 Å². The van der Waals surface area contributed by atoms with E-state index in [0.717, 1.165) is 5.56 Å². The standard InChI is InChI=1S/C26H21BrN2O6S/c1-16-8-10-20(11-9-16)36(32,33)35-25-22(27)13-18(14-24(25)34-3)12-19(15-28)26(31)29-23-7-5-4-6-21(23)17(2)30/h4-14H,1-3H3,(H,29,31)/b19-12-. The maximum atomic E-state index is 12.8. The van der Waals surface area contributed by atoms with Gasteiger partial charge in [-0.3, -0.25) is 9.59 Å². The molecule has 3 rings (SSSR count). The number of nitriles is 1. The summed E-state index contributed by atoms with van der Waals surface area (Å²) in [5.74, 6) is -0.985. The molecule has 0 atom stereocenters. The van der Waals surface area contributed by atoms with Crippen LogP contribution in [0.3, 0.4) is 0 Å². The lowest BCUT2D eigenvalue weighted by Gasteiger charge is -2.14. The summed E-state index contributed by atoms with van der Waals surface area (Å²) in [4.78, 5) is 24.5. The molecule has 0 bridgehead atoms. The molecule has 0 spiro atoms. The van der Waals surface area contributed by atoms with E-state index in [-0.39, 0.29) is 37.9 Å². The third-order valence-electron chi connectivity index (χ3n) is 4.99. The fourth-order valence-electron chi connectivity index (χ4n) is 3.17. The number of halogens is 1. The number of carbonyl (C=O) groups is 2. The van der Waals surface area contributed by atoms with Gasteiger partial charge in [0.05, 0.1) is 17.3 Å². The quantitative estimate of drug-likeness (QED) is 0.169. The maximum Gasteiger partial charge on any atom is 0.339 e. The SMILES string of the molecule is COc1cc(/C=C(/C#N)C(=O)Nc2ccccc2C(C)=O)cc(Br)c1OS(=O)(=O)c1ccc(C)cc1. The van der Waals surface area contributed by atoms with E-state index in [0.29, 0.717) is 11.1 Å². The first-order chi connectivity index (χ1) is 17.1. The summed E-state index contributed by atoms with van der Waals surface area (Å²) in [5, 5.41) is 12.1. The van der Waals surface area contributed by atoms with Crippen LogP contribution in [-0.2, 0) is 14.9 Å². The predicted octanol–water partition coefficient (Wildman–Crippen LogP) is 5.28. The van der Waals surface area contributed by atoms with Gasteiger partial charge in [0, 0.05) is 5.56 Å². The molecule has 36 heavy (non-hydrogen) atoms. The van der Waals surface area contributed by atoms with Crippen molar-refractivity contribution in [1.29, 1.82) is 5.26 Å². The van der Waals surface area contributed by atoms with Crippen LogP contribution in [0.25, 0.3) is 6.08 Å². The van der Waals surface area contributed by atoms with Crippen LogP contribution in [-0.4, -0.2) is 27.2 Å². The zero-order chi connectivity index (χ0) is 26.5. The predicted molar refractivity (Wildman–Crippen MR) is 138 cm³/mol. The number of nitrogens with one attached hydrogen (secondary N) is 1. The van der Waals surface area contributed by atoms with Crippen LogP contribution < -0.4 is 14.2 Å². The third-order valence-corrected chi connectivity index (χ3v) is 6.81. The summed E-state index contributed by atoms with van der Waals surface area (Å²) >= 11 is 3.28. The number of para-hydroxylation sites is 1. The maximum absolute atomic E-state index is 12.8. The van der Waals surface area contributed by atoms with E-state index < -0.39 is 16.0 Å². The molecule has 0 unspecified atom stereocenters. The lowest BCUT2D eigenvalue weighted by Crippen LogP contribution is -2.15. The van der Waals surface area contributed by atoms with Crippen LogP contribution in [0.4, 0.5) is 5.69 Å². The van der Waals surface area contributed by atoms with Gasteiger partial charge >= 0.3 is 10.1 Å². The van der Waals surface area contributed by atoms with Gasteiger partial charge in [-0.25, -0.2) is 0 Å². The van der Waals surface area contributed by atoms with E-state index in [1.807, 2.05) is 13.0 Å². The number of Topliss-reactive ketones (excluding diaryl/α,β-unsaturated/α-hetero) is 1. The number of methoxy groups -OCH3 is 1. The van der Waals surface area contributed by atoms with Crippen molar-refractivity contribution in [3.05, 3.63) is 87.4 Å². The number of rotatable bonds is 8. The highest BCUT2D eigenvalue weighted by Crippen LogP contribution is 2.39. The Morgan fingerprint density at radius 3 is 2.36 bits per heavy atom. The lowest BCUT2D eigenvalue weighted by molar-refractivity contribution is -0.112. The van der Waals surface area contributed by atoms with E-state index in [9.17, 15) is 23.3 Å². The molecule has 0 saturated carbocycles. The van der Waals surface area contributed by atoms with Crippen molar-refractivity contribution in [1.82, 2.24) is 0 Å². The van der Waals surface area contributed by atoms with Crippen LogP contribution in [0, 0.1) is 18.3 Å². The van der Waals surface area contributed by atoms with Crippen LogP contribution in [0.1, 0.15) is 28.4 Å². The van der Waals surface area contributed by atoms with E-state index >= 15 is 0 Å². The topological polar surface area (TPSA) is 123 Å². The summed E-state index contributed by atoms with van der Waals surface area (Å²) in [7, 11) is -2.82. The summed E-state index contributed by atoms with van der Waals surface area (Å²) in [5.41, 5.74) is 1.60. The lowest BCUT2D eigenvalue weighted by atomic mass is 10.1. The average molecular weight is 569 g/mol. The number of hydrogen-bond acceptors (Lipinski definition) is 7. The molecule has 10 heteroatoms. The van der Waals surface area contributed by atoms with E-state index in [2.05, 4.69) is 21.2 Å². The van der Waals surface area contributed by atoms with Gasteiger partial charge in [-0.15, -0.1) is 0 Å². The van der Waals surface area contributed by atoms with Crippen LogP contribution in [0.2, 0.25) is 0 Å². The fourth-order valence-corrected chi connectivity index (χ4v) is 4.78. The molecule has 1 amide bonds. The molecule has 8 nitrogen and oxygen atoms in total. The van der Waals surface area contributed by atoms with Gasteiger partial charge in [-0.2, -0.15) is 13.7 Å². The molecule has 3 aromatic carbocycles. The van der Waals surface area contributed by atoms with Crippen molar-refractivity contribution in [3.63, 3.8) is 0 Å². The van der Waals surface area contributed by atoms with Crippen molar-refractivity contribution in [2.24, 2.45) is 0 Å². The van der Waals surface area contributed by atoms with E-state index in [1.54, 1.807) is 36.4 Å². The number of benzene rings is 3. The number of anilines is 1. The normalized spacial score (nSPS) is 11.4. The van der Waals surface area contributed by atoms with Gasteiger partial charge in [0.2, 0.25) is 0 Å². The Balaban J connectivity index is 1.93. The Hall–Kier alpha value is -3.94. The van der Waals surface area contributed by atoms with Crippen LogP contribution in [0.15, 0.2) is 75.6 Å². The highest BCUT2D eigenvalue weighted by atomic mass is 79.9. The summed E-state index contributed by atoms with van der Waals surface area (Å²) in [6.45, 7) is 3.21. The van der Waals surface area contributed by atoms with E-state index in [4.69, 9.17) is 8.92 Å². The second-order valence-corrected chi connectivity index (χ2v) is 10.0. The second kappa shape index (κ2) is 11.2. The molecule has 0 saturated heterocycles. The van der Waals surface area contributed by atoms with Crippen LogP contribution >= 0.6 is 15.9 Å². The van der Waals surface area contributed by atoms with Gasteiger partial charge in [0.25, 0.3) is 5.91 Å². The monoisotopic (exact) mass is 568 g/mol. The highest BCUT2D eigenvalue weighted by molar-refractivity contribution is 9.10. The summed E-state index contributed by atoms with van der Waals surface area (Å²) < 4.78 is 36.4. The number of carbonyl (C=O) groups excluding carboxylic acids is 2. The average Bonchev–Trinajstić information content (AvgIpc) is 2.84. The van der Waals surface area contributed by atoms with Gasteiger partial charge in [-0.1, -0.05) is 29.8 Å². The minimum atomic E-state index is -4.15. The first kappa shape index (κ1) is 26.7. The Labute approximate surface area is 217 Å². The van der Waals surface area contributed by atoms with E-state index in [1.165, 1.54) is 44.4 Å². The fraction of sp³-hybridized carbons (Fsp3) is 0.115. The Morgan fingerprint density at radius 1 is 1.08 bits per heavy atom. The third kappa shape index (κ3) is 6.19. The molecule has 0 aliphatic rings. The molecule has 0 radical (unpaired) electrons. The molecule has 0 aliphatic carbocycles. The minimum Gasteiger partial charge on any atom is -0.493 e. The molecule has 3 aromatic rings. The van der Waals surface area contributed by atoms with Crippen molar-refractivity contribution in [2.45, 2.75) is 18.7 Å². The first-order valence-corrected chi connectivity index (χ1v) is 12.7. The molecule has 0 heterocycles. The van der Waals surface area contributed by atoms with Gasteiger partial charge < -0.3 is 14.2 Å². The molecule has 0 aromatic heterocycles. The minimum absolute atomic E-state index is 0.0275. The molecule has 0 aliphatic heterocycles. The number of ketones is 1. The van der Waals surface area contributed by atoms with Crippen LogP contribution in [0.5, 0.6) is 11.5 Å². The Morgan fingerprint density at radius 2 is 1.75 bits per heavy atom. The van der Waals surface area contributed by atoms with Crippen molar-refractivity contribution in [3.8, 4) is 17.6 Å². The number of hydrogen-bond donors (Lipinski definition) is 1. The zero-order valence-electron chi connectivity index (χ0n) is 19.5. The Bertz CT molecular complexity index is 1510. The number of aryl methyl sites for hydroxylation is 1. The number of ether oxygens (including phenoxy) is 1.